The zero-order chi connectivity index (χ0) is 12.4. The third-order valence-corrected chi connectivity index (χ3v) is 2.93. The second kappa shape index (κ2) is 4.61. The predicted molar refractivity (Wildman–Crippen MR) is 68.6 cm³/mol. The fraction of sp³-hybridized carbons (Fsp3) is 0.500. The zero-order valence-corrected chi connectivity index (χ0v) is 10.6. The van der Waals surface area contributed by atoms with Crippen LogP contribution in [-0.2, 0) is 13.1 Å². The molecular weight excluding hydrogens is 214 g/mol. The van der Waals surface area contributed by atoms with Gasteiger partial charge in [-0.2, -0.15) is 0 Å². The van der Waals surface area contributed by atoms with Crippen LogP contribution in [0.5, 0.6) is 0 Å². The SMILES string of the molecule is CCCn1cncc1-c1nc(C)n(CC)c1N. The number of hydrogen-bond acceptors (Lipinski definition) is 3. The number of imidazole rings is 2. The first-order valence-corrected chi connectivity index (χ1v) is 6.02. The topological polar surface area (TPSA) is 61.7 Å². The van der Waals surface area contributed by atoms with Crippen molar-refractivity contribution in [2.24, 2.45) is 0 Å². The average Bonchev–Trinajstić information content (AvgIpc) is 2.85. The van der Waals surface area contributed by atoms with Gasteiger partial charge in [0.15, 0.2) is 0 Å². The molecule has 0 amide bonds. The molecule has 2 aromatic heterocycles. The van der Waals surface area contributed by atoms with Crippen LogP contribution in [0.25, 0.3) is 11.4 Å². The molecule has 0 radical (unpaired) electrons. The Labute approximate surface area is 101 Å². The highest BCUT2D eigenvalue weighted by Crippen LogP contribution is 2.26. The molecule has 0 unspecified atom stereocenters. The van der Waals surface area contributed by atoms with Gasteiger partial charge in [0.25, 0.3) is 0 Å². The minimum absolute atomic E-state index is 0.725. The highest BCUT2D eigenvalue weighted by atomic mass is 15.2. The van der Waals surface area contributed by atoms with Crippen molar-refractivity contribution in [2.45, 2.75) is 40.3 Å². The normalized spacial score (nSPS) is 11.0. The van der Waals surface area contributed by atoms with E-state index in [1.54, 1.807) is 0 Å². The predicted octanol–water partition coefficient (Wildman–Crippen LogP) is 2.07. The van der Waals surface area contributed by atoms with E-state index in [2.05, 4.69) is 28.4 Å². The van der Waals surface area contributed by atoms with Crippen LogP contribution in [0.3, 0.4) is 0 Å². The lowest BCUT2D eigenvalue weighted by Crippen LogP contribution is -2.03. The number of nitrogens with zero attached hydrogens (tertiary/aromatic N) is 4. The number of hydrogen-bond donors (Lipinski definition) is 1. The van der Waals surface area contributed by atoms with Gasteiger partial charge in [-0.05, 0) is 20.3 Å². The van der Waals surface area contributed by atoms with Crippen molar-refractivity contribution in [1.82, 2.24) is 19.1 Å². The molecular formula is C12H19N5. The zero-order valence-electron chi connectivity index (χ0n) is 10.6. The molecule has 0 saturated carbocycles. The Morgan fingerprint density at radius 1 is 1.35 bits per heavy atom. The summed E-state index contributed by atoms with van der Waals surface area (Å²) in [5.41, 5.74) is 7.97. The van der Waals surface area contributed by atoms with Crippen molar-refractivity contribution in [3.63, 3.8) is 0 Å². The first kappa shape index (κ1) is 11.7. The molecule has 0 spiro atoms. The molecule has 2 aromatic rings. The molecule has 17 heavy (non-hydrogen) atoms. The van der Waals surface area contributed by atoms with Crippen molar-refractivity contribution >= 4 is 5.82 Å². The smallest absolute Gasteiger partial charge is 0.133 e. The van der Waals surface area contributed by atoms with E-state index < -0.39 is 0 Å². The summed E-state index contributed by atoms with van der Waals surface area (Å²) >= 11 is 0. The summed E-state index contributed by atoms with van der Waals surface area (Å²) in [6, 6.07) is 0. The molecule has 5 heteroatoms. The Balaban J connectivity index is 2.49. The van der Waals surface area contributed by atoms with Gasteiger partial charge in [-0.3, -0.25) is 0 Å². The first-order valence-electron chi connectivity index (χ1n) is 6.02. The van der Waals surface area contributed by atoms with Crippen molar-refractivity contribution < 1.29 is 0 Å². The van der Waals surface area contributed by atoms with Gasteiger partial charge in [0, 0.05) is 13.1 Å². The molecule has 92 valence electrons. The molecule has 5 nitrogen and oxygen atoms in total. The highest BCUT2D eigenvalue weighted by molar-refractivity contribution is 5.67. The largest absolute Gasteiger partial charge is 0.383 e. The molecule has 0 aromatic carbocycles. The van der Waals surface area contributed by atoms with E-state index in [0.717, 1.165) is 42.5 Å². The van der Waals surface area contributed by atoms with E-state index >= 15 is 0 Å². The Hall–Kier alpha value is -1.78. The number of nitrogens with two attached hydrogens (primary N) is 1. The standard InChI is InChI=1S/C12H19N5/c1-4-6-16-8-14-7-10(16)11-12(13)17(5-2)9(3)15-11/h7-8H,4-6,13H2,1-3H3. The van der Waals surface area contributed by atoms with Crippen molar-refractivity contribution in [3.8, 4) is 11.4 Å². The molecule has 0 bridgehead atoms. The van der Waals surface area contributed by atoms with Crippen LogP contribution >= 0.6 is 0 Å². The highest BCUT2D eigenvalue weighted by Gasteiger charge is 2.15. The van der Waals surface area contributed by atoms with Crippen molar-refractivity contribution in [3.05, 3.63) is 18.3 Å². The van der Waals surface area contributed by atoms with Crippen molar-refractivity contribution in [2.75, 3.05) is 5.73 Å². The third kappa shape index (κ3) is 1.92. The number of aryl methyl sites for hydroxylation is 2. The molecule has 0 saturated heterocycles. The Morgan fingerprint density at radius 3 is 2.71 bits per heavy atom. The van der Waals surface area contributed by atoms with Gasteiger partial charge in [0.05, 0.1) is 18.2 Å². The average molecular weight is 233 g/mol. The Morgan fingerprint density at radius 2 is 2.12 bits per heavy atom. The summed E-state index contributed by atoms with van der Waals surface area (Å²) in [6.45, 7) is 7.96. The van der Waals surface area contributed by atoms with Gasteiger partial charge in [-0.25, -0.2) is 9.97 Å². The van der Waals surface area contributed by atoms with E-state index in [0.29, 0.717) is 0 Å². The monoisotopic (exact) mass is 233 g/mol. The first-order chi connectivity index (χ1) is 8.19. The van der Waals surface area contributed by atoms with E-state index in [4.69, 9.17) is 5.73 Å². The van der Waals surface area contributed by atoms with Crippen LogP contribution in [0.1, 0.15) is 26.1 Å². The van der Waals surface area contributed by atoms with Gasteiger partial charge >= 0.3 is 0 Å². The van der Waals surface area contributed by atoms with Crippen LogP contribution in [0.15, 0.2) is 12.5 Å². The Kier molecular flexibility index (Phi) is 3.17. The quantitative estimate of drug-likeness (QED) is 0.879. The fourth-order valence-electron chi connectivity index (χ4n) is 2.11. The van der Waals surface area contributed by atoms with Crippen molar-refractivity contribution in [1.29, 1.82) is 0 Å². The van der Waals surface area contributed by atoms with Crippen LogP contribution in [-0.4, -0.2) is 19.1 Å². The molecule has 2 N–H and O–H groups in total. The third-order valence-electron chi connectivity index (χ3n) is 2.93. The fourth-order valence-corrected chi connectivity index (χ4v) is 2.11. The molecule has 0 aliphatic rings. The lowest BCUT2D eigenvalue weighted by atomic mass is 10.3. The number of anilines is 1. The maximum absolute atomic E-state index is 6.13. The van der Waals surface area contributed by atoms with Crippen LogP contribution in [0.4, 0.5) is 5.82 Å². The number of nitrogen functional groups attached to an aromatic ring is 1. The molecule has 2 heterocycles. The molecule has 0 atom stereocenters. The van der Waals surface area contributed by atoms with Gasteiger partial charge in [-0.1, -0.05) is 6.92 Å². The summed E-state index contributed by atoms with van der Waals surface area (Å²) in [4.78, 5) is 8.72. The molecule has 0 aliphatic carbocycles. The summed E-state index contributed by atoms with van der Waals surface area (Å²) in [6.07, 6.45) is 4.73. The van der Waals surface area contributed by atoms with E-state index in [1.165, 1.54) is 0 Å². The summed E-state index contributed by atoms with van der Waals surface area (Å²) in [5.74, 6) is 1.67. The molecule has 2 rings (SSSR count). The lowest BCUT2D eigenvalue weighted by molar-refractivity contribution is 0.683. The van der Waals surface area contributed by atoms with Gasteiger partial charge in [0.1, 0.15) is 17.3 Å². The van der Waals surface area contributed by atoms with Gasteiger partial charge in [-0.15, -0.1) is 0 Å². The molecule has 0 fully saturated rings. The summed E-state index contributed by atoms with van der Waals surface area (Å²) < 4.78 is 4.11. The maximum atomic E-state index is 6.13. The van der Waals surface area contributed by atoms with E-state index in [9.17, 15) is 0 Å². The summed E-state index contributed by atoms with van der Waals surface area (Å²) in [7, 11) is 0. The minimum Gasteiger partial charge on any atom is -0.383 e. The van der Waals surface area contributed by atoms with Gasteiger partial charge in [0.2, 0.25) is 0 Å². The van der Waals surface area contributed by atoms with Crippen LogP contribution in [0.2, 0.25) is 0 Å². The lowest BCUT2D eigenvalue weighted by Gasteiger charge is -2.06. The number of aromatic nitrogens is 4. The number of rotatable bonds is 4. The minimum atomic E-state index is 0.725. The summed E-state index contributed by atoms with van der Waals surface area (Å²) in [5, 5.41) is 0. The molecule has 0 aliphatic heterocycles. The van der Waals surface area contributed by atoms with Crippen LogP contribution < -0.4 is 5.73 Å². The van der Waals surface area contributed by atoms with Gasteiger partial charge < -0.3 is 14.9 Å². The second-order valence-electron chi connectivity index (χ2n) is 4.11. The maximum Gasteiger partial charge on any atom is 0.133 e. The van der Waals surface area contributed by atoms with E-state index in [-0.39, 0.29) is 0 Å². The van der Waals surface area contributed by atoms with Crippen LogP contribution in [0, 0.1) is 6.92 Å². The Bertz CT molecular complexity index is 509. The van der Waals surface area contributed by atoms with E-state index in [1.807, 2.05) is 24.0 Å². The second-order valence-corrected chi connectivity index (χ2v) is 4.11.